The fourth-order valence-electron chi connectivity index (χ4n) is 4.53. The number of piperidine rings is 1. The molecule has 8 nitrogen and oxygen atoms in total. The molecule has 1 aromatic carbocycles. The van der Waals surface area contributed by atoms with E-state index in [4.69, 9.17) is 12.6 Å². The zero-order valence-electron chi connectivity index (χ0n) is 20.3. The predicted molar refractivity (Wildman–Crippen MR) is 140 cm³/mol. The van der Waals surface area contributed by atoms with Crippen molar-refractivity contribution in [2.75, 3.05) is 20.2 Å². The van der Waals surface area contributed by atoms with Crippen LogP contribution < -0.4 is 5.48 Å². The molecular weight excluding hydrogens is 505 g/mol. The Labute approximate surface area is 222 Å². The molecule has 1 N–H and O–H groups in total. The van der Waals surface area contributed by atoms with E-state index in [9.17, 15) is 14.0 Å². The van der Waals surface area contributed by atoms with Crippen molar-refractivity contribution in [1.82, 2.24) is 25.4 Å². The lowest BCUT2D eigenvalue weighted by Crippen LogP contribution is -2.42. The number of nitrogens with zero attached hydrogens (tertiary/aromatic N) is 4. The second-order valence-corrected chi connectivity index (χ2v) is 9.79. The quantitative estimate of drug-likeness (QED) is 0.257. The number of unbranched alkanes of at least 4 members (excludes halogenated alkanes) is 1. The third-order valence-corrected chi connectivity index (χ3v) is 7.13. The number of ketones is 1. The minimum Gasteiger partial charge on any atom is -0.297 e. The van der Waals surface area contributed by atoms with Crippen LogP contribution in [0.25, 0.3) is 6.08 Å². The van der Waals surface area contributed by atoms with Crippen LogP contribution in [0.5, 0.6) is 0 Å². The Bertz CT molecular complexity index is 1080. The van der Waals surface area contributed by atoms with Crippen LogP contribution in [0.4, 0.5) is 4.39 Å². The summed E-state index contributed by atoms with van der Waals surface area (Å²) < 4.78 is 16.6. The number of likely N-dealkylation sites (tertiary alicyclic amines) is 1. The van der Waals surface area contributed by atoms with Gasteiger partial charge >= 0.3 is 0 Å². The van der Waals surface area contributed by atoms with E-state index in [2.05, 4.69) is 25.5 Å². The van der Waals surface area contributed by atoms with E-state index in [1.165, 1.54) is 13.2 Å². The van der Waals surface area contributed by atoms with E-state index in [0.717, 1.165) is 37.0 Å². The van der Waals surface area contributed by atoms with Crippen molar-refractivity contribution in [3.8, 4) is 0 Å². The van der Waals surface area contributed by atoms with Gasteiger partial charge in [-0.25, -0.2) is 14.6 Å². The number of carbonyl (C=O) groups excluding carboxylic acids is 2. The largest absolute Gasteiger partial charge is 0.297 e. The van der Waals surface area contributed by atoms with Gasteiger partial charge in [-0.05, 0) is 49.8 Å². The molecule has 0 spiro atoms. The number of hydroxylamine groups is 1. The number of hydrogen-bond acceptors (Lipinski definition) is 7. The molecule has 2 aliphatic rings. The average Bonchev–Trinajstić information content (AvgIpc) is 3.61. The fourth-order valence-corrected chi connectivity index (χ4v) is 4.80. The molecule has 2 atom stereocenters. The lowest BCUT2D eigenvalue weighted by molar-refractivity contribution is -0.131. The van der Waals surface area contributed by atoms with E-state index in [1.807, 2.05) is 10.8 Å². The summed E-state index contributed by atoms with van der Waals surface area (Å²) in [5.74, 6) is -0.362. The van der Waals surface area contributed by atoms with Crippen LogP contribution in [0, 0.1) is 11.7 Å². The van der Waals surface area contributed by atoms with Gasteiger partial charge in [0.1, 0.15) is 5.82 Å². The third kappa shape index (κ3) is 7.15. The van der Waals surface area contributed by atoms with Gasteiger partial charge in [0.15, 0.2) is 5.78 Å². The molecule has 0 radical (unpaired) electrons. The highest BCUT2D eigenvalue weighted by Crippen LogP contribution is 2.39. The summed E-state index contributed by atoms with van der Waals surface area (Å²) in [5, 5.41) is 8.28. The van der Waals surface area contributed by atoms with E-state index in [-0.39, 0.29) is 41.1 Å². The van der Waals surface area contributed by atoms with Crippen molar-refractivity contribution in [2.45, 2.75) is 56.4 Å². The first-order chi connectivity index (χ1) is 17.0. The van der Waals surface area contributed by atoms with Crippen molar-refractivity contribution >= 4 is 42.8 Å². The van der Waals surface area contributed by atoms with Gasteiger partial charge < -0.3 is 0 Å². The molecule has 0 bridgehead atoms. The summed E-state index contributed by atoms with van der Waals surface area (Å²) in [5.41, 5.74) is 4.66. The van der Waals surface area contributed by atoms with Crippen molar-refractivity contribution in [3.05, 3.63) is 53.1 Å². The maximum absolute atomic E-state index is 14.8. The first kappa shape index (κ1) is 28.3. The monoisotopic (exact) mass is 537 g/mol. The minimum absolute atomic E-state index is 0. The van der Waals surface area contributed by atoms with Gasteiger partial charge in [0.25, 0.3) is 0 Å². The number of aromatic nitrogens is 3. The molecule has 196 valence electrons. The van der Waals surface area contributed by atoms with Crippen LogP contribution in [-0.4, -0.2) is 57.0 Å². The molecule has 1 aliphatic heterocycles. The third-order valence-electron chi connectivity index (χ3n) is 6.54. The van der Waals surface area contributed by atoms with Gasteiger partial charge in [-0.15, -0.1) is 17.5 Å². The molecule has 2 aromatic rings. The zero-order chi connectivity index (χ0) is 24.8. The molecule has 1 aliphatic carbocycles. The van der Waals surface area contributed by atoms with Crippen molar-refractivity contribution < 1.29 is 18.8 Å². The second-order valence-electron chi connectivity index (χ2n) is 9.16. The Balaban J connectivity index is 0.00000361. The predicted octanol–water partition coefficient (Wildman–Crippen LogP) is 3.79. The van der Waals surface area contributed by atoms with Crippen LogP contribution in [0.2, 0.25) is 0 Å². The first-order valence-electron chi connectivity index (χ1n) is 12.1. The van der Waals surface area contributed by atoms with E-state index < -0.39 is 6.04 Å². The molecule has 36 heavy (non-hydrogen) atoms. The first-order valence-corrected chi connectivity index (χ1v) is 12.6. The molecule has 1 saturated heterocycles. The Morgan fingerprint density at radius 2 is 2.06 bits per heavy atom. The van der Waals surface area contributed by atoms with Gasteiger partial charge in [0.2, 0.25) is 5.91 Å². The average molecular weight is 538 g/mol. The summed E-state index contributed by atoms with van der Waals surface area (Å²) in [6.07, 6.45) is 8.09. The Morgan fingerprint density at radius 1 is 1.28 bits per heavy atom. The summed E-state index contributed by atoms with van der Waals surface area (Å²) >= 11 is 4.79. The van der Waals surface area contributed by atoms with Crippen LogP contribution >= 0.6 is 25.0 Å². The fraction of sp³-hybridized carbons (Fsp3) is 0.520. The van der Waals surface area contributed by atoms with Gasteiger partial charge in [-0.1, -0.05) is 23.4 Å². The van der Waals surface area contributed by atoms with Crippen LogP contribution in [0.1, 0.15) is 55.8 Å². The summed E-state index contributed by atoms with van der Waals surface area (Å²) in [7, 11) is 1.41. The van der Waals surface area contributed by atoms with Crippen molar-refractivity contribution in [2.24, 2.45) is 5.92 Å². The highest BCUT2D eigenvalue weighted by atomic mass is 35.5. The Hall–Kier alpha value is -2.27. The van der Waals surface area contributed by atoms with Gasteiger partial charge in [-0.3, -0.25) is 19.3 Å². The zero-order valence-corrected chi connectivity index (χ0v) is 22.0. The normalized spacial score (nSPS) is 20.1. The maximum atomic E-state index is 14.8. The topological polar surface area (TPSA) is 89.3 Å². The minimum atomic E-state index is -0.589. The summed E-state index contributed by atoms with van der Waals surface area (Å²) in [6.45, 7) is 1.82. The number of nitrogens with one attached hydrogen (secondary N) is 1. The molecule has 2 unspecified atom stereocenters. The Morgan fingerprint density at radius 3 is 2.78 bits per heavy atom. The van der Waals surface area contributed by atoms with Crippen molar-refractivity contribution in [3.63, 3.8) is 0 Å². The second kappa shape index (κ2) is 13.3. The summed E-state index contributed by atoms with van der Waals surface area (Å²) in [6, 6.07) is 6.00. The number of benzene rings is 1. The van der Waals surface area contributed by atoms with E-state index in [1.54, 1.807) is 24.4 Å². The number of aryl methyl sites for hydroxylation is 1. The number of rotatable bonds is 11. The molecular formula is C25H33ClFN5O3S. The SMILES string of the molecule is CONC(=O)CCCCn1nncc1/C=C1/CN(C(C(=O)C2CC2)c2ccccc2F)CCC1S.Cl. The standard InChI is InChI=1S/C25H32FN5O3S.ClH/c1-34-28-23(32)8-4-5-12-31-19(15-27-29-31)14-18-16-30(13-11-22(18)35)24(25(33)17-9-10-17)20-6-2-3-7-21(20)26;/h2-3,6-7,14-15,17,22,24,35H,4-5,8-13,16H2,1H3,(H,28,32);1H/b18-14-;. The number of hydrogen-bond donors (Lipinski definition) is 2. The lowest BCUT2D eigenvalue weighted by Gasteiger charge is -2.37. The molecule has 1 amide bonds. The van der Waals surface area contributed by atoms with E-state index in [0.29, 0.717) is 38.0 Å². The number of thiol groups is 1. The van der Waals surface area contributed by atoms with Crippen LogP contribution in [0.15, 0.2) is 36.0 Å². The maximum Gasteiger partial charge on any atom is 0.243 e. The molecule has 1 aromatic heterocycles. The molecule has 1 saturated carbocycles. The number of amides is 1. The van der Waals surface area contributed by atoms with Crippen LogP contribution in [0.3, 0.4) is 0 Å². The highest BCUT2D eigenvalue weighted by Gasteiger charge is 2.40. The number of halogens is 2. The van der Waals surface area contributed by atoms with Gasteiger partial charge in [-0.2, -0.15) is 12.6 Å². The van der Waals surface area contributed by atoms with Crippen molar-refractivity contribution in [1.29, 1.82) is 0 Å². The Kier molecular flexibility index (Phi) is 10.5. The highest BCUT2D eigenvalue weighted by molar-refractivity contribution is 7.81. The summed E-state index contributed by atoms with van der Waals surface area (Å²) in [4.78, 5) is 31.5. The van der Waals surface area contributed by atoms with E-state index >= 15 is 0 Å². The van der Waals surface area contributed by atoms with Crippen LogP contribution in [-0.2, 0) is 21.0 Å². The van der Waals surface area contributed by atoms with Gasteiger partial charge in [0.05, 0.1) is 25.0 Å². The number of Topliss-reactive ketones (excluding diaryl/α,β-unsaturated/α-hetero) is 1. The number of carbonyl (C=O) groups is 2. The smallest absolute Gasteiger partial charge is 0.243 e. The molecule has 2 heterocycles. The molecule has 11 heteroatoms. The lowest BCUT2D eigenvalue weighted by atomic mass is 9.93. The molecule has 4 rings (SSSR count). The van der Waals surface area contributed by atoms with Gasteiger partial charge in [0, 0.05) is 42.8 Å². The molecule has 2 fully saturated rings.